The minimum atomic E-state index is -1.96. The second-order valence-corrected chi connectivity index (χ2v) is 30.1. The Bertz CT molecular complexity index is 3440. The van der Waals surface area contributed by atoms with Gasteiger partial charge in [0.2, 0.25) is 0 Å². The Morgan fingerprint density at radius 1 is 0.658 bits per heavy atom. The van der Waals surface area contributed by atoms with Gasteiger partial charge in [-0.05, 0) is 120 Å². The van der Waals surface area contributed by atoms with Crippen molar-refractivity contribution in [2.75, 3.05) is 46.4 Å². The summed E-state index contributed by atoms with van der Waals surface area (Å²) in [6, 6.07) is 20.2. The van der Waals surface area contributed by atoms with Crippen LogP contribution in [0.4, 0.5) is 0 Å². The quantitative estimate of drug-likeness (QED) is 0.0535. The Morgan fingerprint density at radius 3 is 1.63 bits per heavy atom. The molecule has 2 aliphatic rings. The van der Waals surface area contributed by atoms with E-state index in [4.69, 9.17) is 49.2 Å². The smallest absolute Gasteiger partial charge is 0.192 e. The number of aliphatic hydroxyl groups is 1. The zero-order chi connectivity index (χ0) is 56.2. The lowest BCUT2D eigenvalue weighted by molar-refractivity contribution is 0.147. The van der Waals surface area contributed by atoms with E-state index in [9.17, 15) is 9.32 Å². The largest absolute Gasteiger partial charge is 0.490 e. The molecule has 0 unspecified atom stereocenters. The van der Waals surface area contributed by atoms with Gasteiger partial charge in [0, 0.05) is 57.8 Å². The summed E-state index contributed by atoms with van der Waals surface area (Å²) < 4.78 is 45.6. The first-order chi connectivity index (χ1) is 37.7. The highest BCUT2D eigenvalue weighted by Gasteiger charge is 2.43. The number of methoxy groups -OCH3 is 2. The lowest BCUT2D eigenvalue weighted by Gasteiger charge is -2.42. The topological polar surface area (TPSA) is 222 Å². The maximum atomic E-state index is 13.2. The molecule has 79 heavy (non-hydrogen) atoms. The summed E-state index contributed by atoms with van der Waals surface area (Å²) in [6.45, 7) is 19.2. The number of ether oxygens (including phenoxy) is 4. The van der Waals surface area contributed by atoms with E-state index in [0.717, 1.165) is 99.9 Å². The van der Waals surface area contributed by atoms with E-state index in [0.29, 0.717) is 67.6 Å². The summed E-state index contributed by atoms with van der Waals surface area (Å²) in [6.07, 6.45) is 16.3. The Labute approximate surface area is 466 Å². The van der Waals surface area contributed by atoms with E-state index in [1.54, 1.807) is 54.6 Å². The van der Waals surface area contributed by atoms with Crippen molar-refractivity contribution in [3.8, 4) is 45.6 Å². The second-order valence-electron chi connectivity index (χ2n) is 23.1. The van der Waals surface area contributed by atoms with Crippen molar-refractivity contribution in [2.24, 2.45) is 5.73 Å². The molecule has 2 saturated carbocycles. The van der Waals surface area contributed by atoms with E-state index in [1.807, 2.05) is 63.2 Å². The van der Waals surface area contributed by atoms with Gasteiger partial charge in [0.25, 0.3) is 0 Å². The highest BCUT2D eigenvalue weighted by molar-refractivity contribution is 7.86. The SMILES string of the molecule is COCCOc1cc(-c2cccc(C3(C[S@](=O)C(C)(C)C)CCC3)n2)cc2c1cnn2-c1cncc(CO[Si](C)(C)C(C)(C)C)n1.COCCOc1cc(-c2cccc(C3(N)CCC3)n2)cc2c1cnn2-c1cncc(CO)n1. The monoisotopic (exact) mass is 1110 g/mol. The molecule has 0 saturated heterocycles. The average molecular weight is 1110 g/mol. The number of aliphatic hydroxyl groups excluding tert-OH is 1. The van der Waals surface area contributed by atoms with Crippen LogP contribution in [0, 0.1) is 0 Å². The summed E-state index contributed by atoms with van der Waals surface area (Å²) in [5.74, 6) is 3.11. The standard InChI is InChI=1S/C35H49N5O4SSi.C24H26N6O3/c1-33(2,3)45(41)24-35(14-11-15-35)31-13-10-12-28(39-31)25-18-29-27(30(19-25)43-17-16-42-7)21-37-40(29)32-22-36-20-26(38-32)23-44-46(8,9)34(4,5)6;1-32-8-9-33-21-11-16(19-4-2-5-22(29-19)24(25)6-3-7-24)10-20-18(21)13-27-30(20)23-14-26-12-17(15-31)28-23/h10,12-13,18-22H,11,14-17,23-24H2,1-9H3;2,4-5,10-14,31H,3,6-9,15,25H2,1H3/t45-;/m0./s1. The predicted molar refractivity (Wildman–Crippen MR) is 310 cm³/mol. The number of pyridine rings is 2. The van der Waals surface area contributed by atoms with Crippen LogP contribution in [-0.2, 0) is 48.9 Å². The van der Waals surface area contributed by atoms with Crippen LogP contribution in [0.1, 0.15) is 103 Å². The third kappa shape index (κ3) is 12.7. The first-order valence-corrected chi connectivity index (χ1v) is 31.3. The maximum Gasteiger partial charge on any atom is 0.192 e. The van der Waals surface area contributed by atoms with Gasteiger partial charge in [-0.1, -0.05) is 39.3 Å². The van der Waals surface area contributed by atoms with Crippen molar-refractivity contribution in [2.45, 2.75) is 127 Å². The Morgan fingerprint density at radius 2 is 1.16 bits per heavy atom. The van der Waals surface area contributed by atoms with Crippen LogP contribution in [0.25, 0.3) is 56.0 Å². The van der Waals surface area contributed by atoms with Gasteiger partial charge >= 0.3 is 0 Å². The minimum Gasteiger partial charge on any atom is -0.490 e. The van der Waals surface area contributed by atoms with Crippen molar-refractivity contribution >= 4 is 40.9 Å². The van der Waals surface area contributed by atoms with Gasteiger partial charge in [-0.3, -0.25) is 24.1 Å². The Kier molecular flexibility index (Phi) is 17.2. The fourth-order valence-electron chi connectivity index (χ4n) is 9.29. The van der Waals surface area contributed by atoms with Crippen molar-refractivity contribution in [1.29, 1.82) is 0 Å². The molecule has 0 amide bonds. The van der Waals surface area contributed by atoms with Crippen LogP contribution < -0.4 is 15.2 Å². The van der Waals surface area contributed by atoms with Gasteiger partial charge in [0.1, 0.15) is 24.7 Å². The first kappa shape index (κ1) is 57.3. The highest BCUT2D eigenvalue weighted by atomic mass is 32.2. The molecular weight excluding hydrogens is 1030 g/mol. The molecule has 6 aromatic heterocycles. The molecule has 6 heterocycles. The number of benzene rings is 2. The molecule has 0 bridgehead atoms. The van der Waals surface area contributed by atoms with Gasteiger partial charge in [0.15, 0.2) is 20.0 Å². The molecule has 0 aliphatic heterocycles. The summed E-state index contributed by atoms with van der Waals surface area (Å²) in [5.41, 5.74) is 14.2. The van der Waals surface area contributed by atoms with Crippen LogP contribution in [0.2, 0.25) is 18.1 Å². The zero-order valence-electron chi connectivity index (χ0n) is 47.3. The number of fused-ring (bicyclic) bond motifs is 2. The number of hydrogen-bond acceptors (Lipinski definition) is 16. The molecule has 8 aromatic rings. The molecule has 418 valence electrons. The molecule has 1 atom stereocenters. The van der Waals surface area contributed by atoms with Crippen LogP contribution in [-0.4, -0.2) is 118 Å². The Hall–Kier alpha value is -6.39. The first-order valence-electron chi connectivity index (χ1n) is 27.0. The lowest BCUT2D eigenvalue weighted by atomic mass is 9.68. The molecule has 0 spiro atoms. The van der Waals surface area contributed by atoms with E-state index in [1.165, 1.54) is 6.20 Å². The molecular formula is C59H75N11O7SSi. The lowest BCUT2D eigenvalue weighted by Crippen LogP contribution is -2.44. The van der Waals surface area contributed by atoms with Crippen LogP contribution >= 0.6 is 0 Å². The average Bonchev–Trinajstić information content (AvgIpc) is 4.18. The minimum absolute atomic E-state index is 0.0964. The van der Waals surface area contributed by atoms with Crippen molar-refractivity contribution < 1.29 is 32.7 Å². The summed E-state index contributed by atoms with van der Waals surface area (Å²) in [5, 5.41) is 20.5. The van der Waals surface area contributed by atoms with Gasteiger partial charge in [0.05, 0.1) is 119 Å². The fraction of sp³-hybridized carbons (Fsp3) is 0.458. The van der Waals surface area contributed by atoms with Gasteiger partial charge in [-0.2, -0.15) is 10.2 Å². The second kappa shape index (κ2) is 23.7. The fourth-order valence-corrected chi connectivity index (χ4v) is 11.6. The predicted octanol–water partition coefficient (Wildman–Crippen LogP) is 10.1. The normalized spacial score (nSPS) is 15.5. The van der Waals surface area contributed by atoms with Gasteiger partial charge < -0.3 is 34.2 Å². The van der Waals surface area contributed by atoms with Crippen molar-refractivity contribution in [3.63, 3.8) is 0 Å². The highest BCUT2D eigenvalue weighted by Crippen LogP contribution is 2.46. The number of rotatable bonds is 20. The van der Waals surface area contributed by atoms with E-state index >= 15 is 0 Å². The molecule has 20 heteroatoms. The van der Waals surface area contributed by atoms with Crippen molar-refractivity contribution in [3.05, 3.63) is 121 Å². The van der Waals surface area contributed by atoms with Crippen LogP contribution in [0.15, 0.2) is 97.8 Å². The molecule has 3 N–H and O–H groups in total. The third-order valence-corrected chi connectivity index (χ3v) is 22.2. The zero-order valence-corrected chi connectivity index (χ0v) is 49.1. The number of hydrogen-bond donors (Lipinski definition) is 2. The van der Waals surface area contributed by atoms with Gasteiger partial charge in [-0.25, -0.2) is 19.3 Å². The van der Waals surface area contributed by atoms with E-state index < -0.39 is 19.1 Å². The maximum absolute atomic E-state index is 13.2. The molecule has 2 fully saturated rings. The summed E-state index contributed by atoms with van der Waals surface area (Å²) >= 11 is 0. The molecule has 2 aromatic carbocycles. The summed E-state index contributed by atoms with van der Waals surface area (Å²) in [4.78, 5) is 28.1. The van der Waals surface area contributed by atoms with Gasteiger partial charge in [-0.15, -0.1) is 0 Å². The number of aromatic nitrogens is 10. The van der Waals surface area contributed by atoms with E-state index in [-0.39, 0.29) is 27.3 Å². The third-order valence-electron chi connectivity index (χ3n) is 15.5. The van der Waals surface area contributed by atoms with E-state index in [2.05, 4.69) is 72.1 Å². The van der Waals surface area contributed by atoms with Crippen LogP contribution in [0.3, 0.4) is 0 Å². The summed E-state index contributed by atoms with van der Waals surface area (Å²) in [7, 11) is 0.367. The number of nitrogens with zero attached hydrogens (tertiary/aromatic N) is 10. The van der Waals surface area contributed by atoms with Crippen molar-refractivity contribution in [1.82, 2.24) is 49.5 Å². The molecule has 0 radical (unpaired) electrons. The number of nitrogens with two attached hydrogens (primary N) is 1. The molecule has 10 rings (SSSR count). The molecule has 2 aliphatic carbocycles. The Balaban J connectivity index is 0.000000202. The molecule has 18 nitrogen and oxygen atoms in total. The van der Waals surface area contributed by atoms with Crippen LogP contribution in [0.5, 0.6) is 11.5 Å².